The SMILES string of the molecule is Cc1nc(N)c2nc(C)n(CCCNC(N)=O)c2c1C. The van der Waals surface area contributed by atoms with E-state index in [1.165, 1.54) is 0 Å². The number of aromatic nitrogens is 3. The fourth-order valence-corrected chi connectivity index (χ4v) is 2.33. The van der Waals surface area contributed by atoms with Gasteiger partial charge in [0.25, 0.3) is 0 Å². The van der Waals surface area contributed by atoms with Crippen LogP contribution in [-0.4, -0.2) is 27.1 Å². The van der Waals surface area contributed by atoms with Crippen LogP contribution in [0.1, 0.15) is 23.5 Å². The Bertz CT molecular complexity index is 661. The molecular formula is C13H20N6O. The summed E-state index contributed by atoms with van der Waals surface area (Å²) in [5.41, 5.74) is 14.7. The number of anilines is 1. The maximum absolute atomic E-state index is 10.7. The second kappa shape index (κ2) is 5.36. The van der Waals surface area contributed by atoms with Crippen molar-refractivity contribution in [1.29, 1.82) is 0 Å². The Morgan fingerprint density at radius 3 is 2.65 bits per heavy atom. The minimum atomic E-state index is -0.502. The lowest BCUT2D eigenvalue weighted by atomic mass is 10.2. The van der Waals surface area contributed by atoms with Crippen LogP contribution in [0.15, 0.2) is 0 Å². The van der Waals surface area contributed by atoms with Crippen LogP contribution in [0.4, 0.5) is 10.6 Å². The first-order valence-corrected chi connectivity index (χ1v) is 6.54. The number of carbonyl (C=O) groups excluding carboxylic acids is 1. The van der Waals surface area contributed by atoms with Gasteiger partial charge in [-0.15, -0.1) is 0 Å². The molecule has 2 rings (SSSR count). The van der Waals surface area contributed by atoms with Gasteiger partial charge < -0.3 is 21.4 Å². The number of hydrogen-bond acceptors (Lipinski definition) is 4. The van der Waals surface area contributed by atoms with E-state index in [2.05, 4.69) is 19.9 Å². The Balaban J connectivity index is 2.33. The van der Waals surface area contributed by atoms with Gasteiger partial charge in [-0.1, -0.05) is 0 Å². The van der Waals surface area contributed by atoms with E-state index in [4.69, 9.17) is 11.5 Å². The first-order chi connectivity index (χ1) is 9.41. The molecule has 0 aliphatic carbocycles. The summed E-state index contributed by atoms with van der Waals surface area (Å²) in [5.74, 6) is 1.35. The third-order valence-electron chi connectivity index (χ3n) is 3.44. The molecule has 0 aliphatic heterocycles. The Labute approximate surface area is 117 Å². The summed E-state index contributed by atoms with van der Waals surface area (Å²) in [7, 11) is 0. The number of imidazole rings is 1. The lowest BCUT2D eigenvalue weighted by Gasteiger charge is -2.10. The maximum atomic E-state index is 10.7. The second-order valence-electron chi connectivity index (χ2n) is 4.86. The van der Waals surface area contributed by atoms with Gasteiger partial charge in [-0.2, -0.15) is 0 Å². The maximum Gasteiger partial charge on any atom is 0.312 e. The molecule has 2 amide bonds. The predicted molar refractivity (Wildman–Crippen MR) is 78.4 cm³/mol. The zero-order chi connectivity index (χ0) is 14.9. The minimum absolute atomic E-state index is 0.459. The van der Waals surface area contributed by atoms with Crippen LogP contribution in [0, 0.1) is 20.8 Å². The number of hydrogen-bond donors (Lipinski definition) is 3. The number of aryl methyl sites for hydroxylation is 4. The number of urea groups is 1. The van der Waals surface area contributed by atoms with Crippen LogP contribution in [0.3, 0.4) is 0 Å². The molecule has 108 valence electrons. The predicted octanol–water partition coefficient (Wildman–Crippen LogP) is 0.997. The molecule has 0 atom stereocenters. The highest BCUT2D eigenvalue weighted by Crippen LogP contribution is 2.25. The molecule has 0 saturated heterocycles. The normalized spacial score (nSPS) is 10.9. The minimum Gasteiger partial charge on any atom is -0.382 e. The summed E-state index contributed by atoms with van der Waals surface area (Å²) < 4.78 is 2.11. The molecule has 7 nitrogen and oxygen atoms in total. The summed E-state index contributed by atoms with van der Waals surface area (Å²) in [6.45, 7) is 7.17. The highest BCUT2D eigenvalue weighted by atomic mass is 16.2. The van der Waals surface area contributed by atoms with Crippen molar-refractivity contribution in [2.24, 2.45) is 5.73 Å². The summed E-state index contributed by atoms with van der Waals surface area (Å²) in [6.07, 6.45) is 0.774. The molecule has 0 fully saturated rings. The third-order valence-corrected chi connectivity index (χ3v) is 3.44. The number of primary amides is 1. The van der Waals surface area contributed by atoms with Crippen molar-refractivity contribution in [3.63, 3.8) is 0 Å². The largest absolute Gasteiger partial charge is 0.382 e. The zero-order valence-electron chi connectivity index (χ0n) is 12.0. The molecule has 0 bridgehead atoms. The Kier molecular flexibility index (Phi) is 3.78. The molecular weight excluding hydrogens is 256 g/mol. The van der Waals surface area contributed by atoms with Crippen molar-refractivity contribution in [3.05, 3.63) is 17.1 Å². The van der Waals surface area contributed by atoms with Crippen molar-refractivity contribution < 1.29 is 4.79 Å². The van der Waals surface area contributed by atoms with Crippen LogP contribution in [0.2, 0.25) is 0 Å². The number of rotatable bonds is 4. The van der Waals surface area contributed by atoms with Gasteiger partial charge in [0.15, 0.2) is 5.82 Å². The second-order valence-corrected chi connectivity index (χ2v) is 4.86. The van der Waals surface area contributed by atoms with E-state index in [-0.39, 0.29) is 0 Å². The number of amides is 2. The summed E-state index contributed by atoms with van der Waals surface area (Å²) in [4.78, 5) is 19.4. The molecule has 0 spiro atoms. The number of fused-ring (bicyclic) bond motifs is 1. The van der Waals surface area contributed by atoms with Crippen molar-refractivity contribution in [2.75, 3.05) is 12.3 Å². The number of pyridine rings is 1. The van der Waals surface area contributed by atoms with E-state index in [1.54, 1.807) is 0 Å². The molecule has 7 heteroatoms. The quantitative estimate of drug-likeness (QED) is 0.723. The number of carbonyl (C=O) groups is 1. The zero-order valence-corrected chi connectivity index (χ0v) is 12.0. The number of nitrogens with zero attached hydrogens (tertiary/aromatic N) is 3. The highest BCUT2D eigenvalue weighted by molar-refractivity contribution is 5.88. The lowest BCUT2D eigenvalue weighted by Crippen LogP contribution is -2.30. The third kappa shape index (κ3) is 2.52. The van der Waals surface area contributed by atoms with Gasteiger partial charge in [-0.3, -0.25) is 0 Å². The first kappa shape index (κ1) is 14.1. The fourth-order valence-electron chi connectivity index (χ4n) is 2.33. The fraction of sp³-hybridized carbons (Fsp3) is 0.462. The summed E-state index contributed by atoms with van der Waals surface area (Å²) >= 11 is 0. The van der Waals surface area contributed by atoms with E-state index < -0.39 is 6.03 Å². The van der Waals surface area contributed by atoms with E-state index in [1.807, 2.05) is 20.8 Å². The first-order valence-electron chi connectivity index (χ1n) is 6.54. The molecule has 2 aromatic heterocycles. The number of nitrogen functional groups attached to an aromatic ring is 1. The Morgan fingerprint density at radius 1 is 1.30 bits per heavy atom. The summed E-state index contributed by atoms with van der Waals surface area (Å²) in [5, 5.41) is 2.58. The topological polar surface area (TPSA) is 112 Å². The van der Waals surface area contributed by atoms with E-state index in [9.17, 15) is 4.79 Å². The number of nitrogens with two attached hydrogens (primary N) is 2. The monoisotopic (exact) mass is 276 g/mol. The van der Waals surface area contributed by atoms with Gasteiger partial charge in [0.1, 0.15) is 11.3 Å². The van der Waals surface area contributed by atoms with Gasteiger partial charge in [0, 0.05) is 18.8 Å². The van der Waals surface area contributed by atoms with Gasteiger partial charge in [-0.25, -0.2) is 14.8 Å². The molecule has 0 aliphatic rings. The van der Waals surface area contributed by atoms with Gasteiger partial charge in [0.2, 0.25) is 0 Å². The Morgan fingerprint density at radius 2 is 2.00 bits per heavy atom. The number of nitrogens with one attached hydrogen (secondary N) is 1. The molecule has 0 saturated carbocycles. The van der Waals surface area contributed by atoms with Crippen LogP contribution in [-0.2, 0) is 6.54 Å². The Hall–Kier alpha value is -2.31. The molecule has 0 radical (unpaired) electrons. The van der Waals surface area contributed by atoms with Crippen LogP contribution < -0.4 is 16.8 Å². The lowest BCUT2D eigenvalue weighted by molar-refractivity contribution is 0.248. The molecule has 0 aromatic carbocycles. The van der Waals surface area contributed by atoms with Crippen molar-refractivity contribution >= 4 is 22.9 Å². The van der Waals surface area contributed by atoms with Gasteiger partial charge in [0.05, 0.1) is 5.52 Å². The highest BCUT2D eigenvalue weighted by Gasteiger charge is 2.15. The van der Waals surface area contributed by atoms with Crippen LogP contribution in [0.5, 0.6) is 0 Å². The van der Waals surface area contributed by atoms with Crippen molar-refractivity contribution in [3.8, 4) is 0 Å². The van der Waals surface area contributed by atoms with Crippen molar-refractivity contribution in [2.45, 2.75) is 33.7 Å². The summed E-state index contributed by atoms with van der Waals surface area (Å²) in [6, 6.07) is -0.502. The van der Waals surface area contributed by atoms with E-state index >= 15 is 0 Å². The van der Waals surface area contributed by atoms with Gasteiger partial charge in [-0.05, 0) is 32.8 Å². The molecule has 20 heavy (non-hydrogen) atoms. The molecule has 0 unspecified atom stereocenters. The van der Waals surface area contributed by atoms with E-state index in [0.29, 0.717) is 12.4 Å². The molecule has 2 heterocycles. The van der Waals surface area contributed by atoms with E-state index in [0.717, 1.165) is 41.1 Å². The molecule has 2 aromatic rings. The average molecular weight is 276 g/mol. The standard InChI is InChI=1S/C13H20N6O/c1-7-8(2)17-12(14)10-11(7)19(9(3)18-10)6-4-5-16-13(15)20/h4-6H2,1-3H3,(H2,14,17)(H3,15,16,20). The smallest absolute Gasteiger partial charge is 0.312 e. The van der Waals surface area contributed by atoms with Gasteiger partial charge >= 0.3 is 6.03 Å². The van der Waals surface area contributed by atoms with Crippen LogP contribution in [0.25, 0.3) is 11.0 Å². The average Bonchev–Trinajstić information content (AvgIpc) is 2.70. The van der Waals surface area contributed by atoms with Crippen LogP contribution >= 0.6 is 0 Å². The molecule has 5 N–H and O–H groups in total. The van der Waals surface area contributed by atoms with Crippen molar-refractivity contribution in [1.82, 2.24) is 19.9 Å².